The smallest absolute Gasteiger partial charge is 0.212 e. The summed E-state index contributed by atoms with van der Waals surface area (Å²) in [7, 11) is 0. The van der Waals surface area contributed by atoms with Crippen molar-refractivity contribution in [3.05, 3.63) is 46.5 Å². The van der Waals surface area contributed by atoms with Crippen molar-refractivity contribution in [2.75, 3.05) is 0 Å². The first-order valence-electron chi connectivity index (χ1n) is 6.23. The van der Waals surface area contributed by atoms with Gasteiger partial charge in [-0.15, -0.1) is 11.3 Å². The summed E-state index contributed by atoms with van der Waals surface area (Å²) in [6.07, 6.45) is 3.09. The van der Waals surface area contributed by atoms with E-state index in [0.717, 1.165) is 25.0 Å². The average molecular weight is 274 g/mol. The van der Waals surface area contributed by atoms with Crippen LogP contribution >= 0.6 is 11.3 Å². The zero-order valence-corrected chi connectivity index (χ0v) is 11.8. The van der Waals surface area contributed by atoms with E-state index < -0.39 is 0 Å². The summed E-state index contributed by atoms with van der Waals surface area (Å²) < 4.78 is 0. The van der Waals surface area contributed by atoms with Gasteiger partial charge in [-0.1, -0.05) is 29.8 Å². The molecule has 0 saturated heterocycles. The molecule has 19 heavy (non-hydrogen) atoms. The number of nitrogens with zero attached hydrogens (tertiary/aromatic N) is 2. The van der Waals surface area contributed by atoms with Crippen LogP contribution in [-0.4, -0.2) is 10.9 Å². The molecule has 0 atom stereocenters. The first-order chi connectivity index (χ1) is 9.13. The third kappa shape index (κ3) is 4.37. The van der Waals surface area contributed by atoms with Crippen molar-refractivity contribution in [3.63, 3.8) is 0 Å². The van der Waals surface area contributed by atoms with Gasteiger partial charge in [0, 0.05) is 5.38 Å². The number of aryl methyl sites for hydroxylation is 3. The van der Waals surface area contributed by atoms with Crippen LogP contribution in [0.2, 0.25) is 0 Å². The number of aliphatic imine (C=N–C) groups is 1. The van der Waals surface area contributed by atoms with Crippen molar-refractivity contribution in [2.24, 2.45) is 16.5 Å². The highest BCUT2D eigenvalue weighted by Crippen LogP contribution is 2.19. The summed E-state index contributed by atoms with van der Waals surface area (Å²) in [5, 5.41) is 2.64. The molecule has 0 aliphatic carbocycles. The fraction of sp³-hybridized carbons (Fsp3) is 0.286. The molecule has 0 radical (unpaired) electrons. The molecule has 0 amide bonds. The monoisotopic (exact) mass is 274 g/mol. The fourth-order valence-electron chi connectivity index (χ4n) is 1.80. The van der Waals surface area contributed by atoms with Crippen molar-refractivity contribution in [2.45, 2.75) is 26.2 Å². The predicted octanol–water partition coefficient (Wildman–Crippen LogP) is 2.53. The van der Waals surface area contributed by atoms with Gasteiger partial charge in [0.05, 0.1) is 5.69 Å². The molecule has 4 nitrogen and oxygen atoms in total. The molecule has 0 saturated carbocycles. The first kappa shape index (κ1) is 13.5. The number of aromatic nitrogens is 1. The van der Waals surface area contributed by atoms with Crippen molar-refractivity contribution in [1.29, 1.82) is 0 Å². The summed E-state index contributed by atoms with van der Waals surface area (Å²) >= 11 is 1.47. The van der Waals surface area contributed by atoms with Crippen LogP contribution in [0.4, 0.5) is 5.13 Å². The van der Waals surface area contributed by atoms with E-state index in [1.54, 1.807) is 0 Å². The maximum Gasteiger partial charge on any atom is 0.212 e. The molecule has 4 N–H and O–H groups in total. The molecule has 2 rings (SSSR count). The summed E-state index contributed by atoms with van der Waals surface area (Å²) in [5.41, 5.74) is 14.3. The second-order valence-corrected chi connectivity index (χ2v) is 5.33. The zero-order chi connectivity index (χ0) is 13.7. The quantitative estimate of drug-likeness (QED) is 0.649. The van der Waals surface area contributed by atoms with Gasteiger partial charge in [-0.25, -0.2) is 4.98 Å². The topological polar surface area (TPSA) is 77.3 Å². The van der Waals surface area contributed by atoms with Crippen molar-refractivity contribution in [3.8, 4) is 0 Å². The Hall–Kier alpha value is -1.88. The van der Waals surface area contributed by atoms with E-state index >= 15 is 0 Å². The summed E-state index contributed by atoms with van der Waals surface area (Å²) in [4.78, 5) is 8.30. The standard InChI is InChI=1S/C14H18N4S/c1-10-5-7-11(8-6-10)3-2-4-12-9-19-14(17-12)18-13(15)16/h5-9H,2-4H2,1H3,(H4,15,16,17,18). The van der Waals surface area contributed by atoms with Crippen LogP contribution in [0.1, 0.15) is 23.2 Å². The Morgan fingerprint density at radius 2 is 1.95 bits per heavy atom. The predicted molar refractivity (Wildman–Crippen MR) is 80.8 cm³/mol. The molecule has 5 heteroatoms. The molecule has 2 aromatic rings. The van der Waals surface area contributed by atoms with Crippen LogP contribution in [0.3, 0.4) is 0 Å². The minimum absolute atomic E-state index is 0.0561. The highest BCUT2D eigenvalue weighted by molar-refractivity contribution is 7.13. The van der Waals surface area contributed by atoms with Crippen LogP contribution < -0.4 is 11.5 Å². The van der Waals surface area contributed by atoms with Crippen LogP contribution in [0.5, 0.6) is 0 Å². The van der Waals surface area contributed by atoms with E-state index in [0.29, 0.717) is 5.13 Å². The lowest BCUT2D eigenvalue weighted by atomic mass is 10.1. The Bertz CT molecular complexity index is 553. The Morgan fingerprint density at radius 1 is 1.21 bits per heavy atom. The number of rotatable bonds is 5. The number of benzene rings is 1. The van der Waals surface area contributed by atoms with Crippen LogP contribution in [0, 0.1) is 6.92 Å². The van der Waals surface area contributed by atoms with Crippen molar-refractivity contribution < 1.29 is 0 Å². The summed E-state index contributed by atoms with van der Waals surface area (Å²) in [6.45, 7) is 2.10. The lowest BCUT2D eigenvalue weighted by Gasteiger charge is -2.00. The van der Waals surface area contributed by atoms with Gasteiger partial charge in [0.2, 0.25) is 5.13 Å². The average Bonchev–Trinajstić information content (AvgIpc) is 2.78. The fourth-order valence-corrected chi connectivity index (χ4v) is 2.54. The van der Waals surface area contributed by atoms with E-state index in [9.17, 15) is 0 Å². The molecular formula is C14H18N4S. The Morgan fingerprint density at radius 3 is 2.63 bits per heavy atom. The Labute approximate surface area is 117 Å². The number of nitrogens with two attached hydrogens (primary N) is 2. The van der Waals surface area contributed by atoms with Crippen LogP contribution in [-0.2, 0) is 12.8 Å². The summed E-state index contributed by atoms with van der Waals surface area (Å²) in [6, 6.07) is 8.66. The third-order valence-electron chi connectivity index (χ3n) is 2.78. The second-order valence-electron chi connectivity index (χ2n) is 4.50. The number of hydrogen-bond acceptors (Lipinski definition) is 3. The van der Waals surface area contributed by atoms with Gasteiger partial charge in [0.15, 0.2) is 5.96 Å². The number of guanidine groups is 1. The number of hydrogen-bond donors (Lipinski definition) is 2. The third-order valence-corrected chi connectivity index (χ3v) is 3.57. The maximum absolute atomic E-state index is 5.32. The van der Waals surface area contributed by atoms with E-state index in [2.05, 4.69) is 41.2 Å². The molecule has 0 aliphatic heterocycles. The van der Waals surface area contributed by atoms with Crippen LogP contribution in [0.25, 0.3) is 0 Å². The normalized spacial score (nSPS) is 10.4. The highest BCUT2D eigenvalue weighted by Gasteiger charge is 2.01. The molecular weight excluding hydrogens is 256 g/mol. The molecule has 0 spiro atoms. The molecule has 0 bridgehead atoms. The summed E-state index contributed by atoms with van der Waals surface area (Å²) in [5.74, 6) is 0.0561. The molecule has 1 aromatic carbocycles. The van der Waals surface area contributed by atoms with Crippen LogP contribution in [0.15, 0.2) is 34.6 Å². The molecule has 0 fully saturated rings. The van der Waals surface area contributed by atoms with Gasteiger partial charge in [0.25, 0.3) is 0 Å². The highest BCUT2D eigenvalue weighted by atomic mass is 32.1. The molecule has 1 aromatic heterocycles. The lowest BCUT2D eigenvalue weighted by molar-refractivity contribution is 0.804. The lowest BCUT2D eigenvalue weighted by Crippen LogP contribution is -2.21. The Kier molecular flexibility index (Phi) is 4.52. The minimum Gasteiger partial charge on any atom is -0.370 e. The molecule has 1 heterocycles. The van der Waals surface area contributed by atoms with E-state index in [-0.39, 0.29) is 5.96 Å². The SMILES string of the molecule is Cc1ccc(CCCc2csc(N=C(N)N)n2)cc1. The van der Waals surface area contributed by atoms with Gasteiger partial charge >= 0.3 is 0 Å². The van der Waals surface area contributed by atoms with Crippen molar-refractivity contribution in [1.82, 2.24) is 4.98 Å². The van der Waals surface area contributed by atoms with Gasteiger partial charge < -0.3 is 11.5 Å². The first-order valence-corrected chi connectivity index (χ1v) is 7.11. The molecule has 0 unspecified atom stereocenters. The van der Waals surface area contributed by atoms with Gasteiger partial charge in [-0.05, 0) is 31.7 Å². The van der Waals surface area contributed by atoms with Gasteiger partial charge in [-0.3, -0.25) is 0 Å². The Balaban J connectivity index is 1.84. The minimum atomic E-state index is 0.0561. The zero-order valence-electron chi connectivity index (χ0n) is 11.0. The largest absolute Gasteiger partial charge is 0.370 e. The van der Waals surface area contributed by atoms with Gasteiger partial charge in [0.1, 0.15) is 0 Å². The van der Waals surface area contributed by atoms with Crippen molar-refractivity contribution >= 4 is 22.4 Å². The van der Waals surface area contributed by atoms with E-state index in [1.807, 2.05) is 5.38 Å². The molecule has 0 aliphatic rings. The van der Waals surface area contributed by atoms with Gasteiger partial charge in [-0.2, -0.15) is 4.99 Å². The number of thiazole rings is 1. The van der Waals surface area contributed by atoms with E-state index in [1.165, 1.54) is 22.5 Å². The molecule has 100 valence electrons. The van der Waals surface area contributed by atoms with E-state index in [4.69, 9.17) is 11.5 Å². The maximum atomic E-state index is 5.32. The second kappa shape index (κ2) is 6.33.